The van der Waals surface area contributed by atoms with Crippen LogP contribution in [-0.2, 0) is 18.4 Å². The van der Waals surface area contributed by atoms with Crippen LogP contribution in [0.5, 0.6) is 5.75 Å². The third-order valence-electron chi connectivity index (χ3n) is 3.19. The molecule has 0 spiro atoms. The molecule has 8 nitrogen and oxygen atoms in total. The molecule has 0 bridgehead atoms. The second-order valence-corrected chi connectivity index (χ2v) is 8.07. The molecular weight excluding hydrogens is 390 g/mol. The number of halogens is 1. The molecule has 10 heteroatoms. The number of hydrogen-bond donors (Lipinski definition) is 2. The number of para-hydroxylation sites is 1. The average Bonchev–Trinajstić information content (AvgIpc) is 2.90. The lowest BCUT2D eigenvalue weighted by molar-refractivity contribution is -0.117. The number of hydrogen-bond acceptors (Lipinski definition) is 6. The minimum Gasteiger partial charge on any atom is -0.484 e. The summed E-state index contributed by atoms with van der Waals surface area (Å²) in [4.78, 5) is 23.6. The summed E-state index contributed by atoms with van der Waals surface area (Å²) in [5.74, 6) is 0.761. The maximum Gasteiger partial charge on any atom is 0.321 e. The number of nitrogens with one attached hydrogen (secondary N) is 2. The van der Waals surface area contributed by atoms with E-state index in [4.69, 9.17) is 16.3 Å². The Hall–Kier alpha value is -2.26. The predicted octanol–water partition coefficient (Wildman–Crippen LogP) is 2.76. The normalized spacial score (nSPS) is 11.1. The molecule has 0 fully saturated rings. The highest BCUT2D eigenvalue weighted by atomic mass is 35.5. The van der Waals surface area contributed by atoms with Gasteiger partial charge in [-0.25, -0.2) is 4.79 Å². The summed E-state index contributed by atoms with van der Waals surface area (Å²) in [6, 6.07) is 6.62. The van der Waals surface area contributed by atoms with Crippen molar-refractivity contribution >= 4 is 35.3 Å². The number of benzene rings is 1. The molecule has 1 aromatic carbocycles. The van der Waals surface area contributed by atoms with Crippen LogP contribution in [0.25, 0.3) is 0 Å². The van der Waals surface area contributed by atoms with E-state index in [9.17, 15) is 9.59 Å². The molecule has 0 aliphatic carbocycles. The van der Waals surface area contributed by atoms with Gasteiger partial charge in [-0.2, -0.15) is 0 Å². The first-order valence-electron chi connectivity index (χ1n) is 8.16. The van der Waals surface area contributed by atoms with E-state index in [1.807, 2.05) is 32.9 Å². The summed E-state index contributed by atoms with van der Waals surface area (Å²) >= 11 is 7.23. The molecular formula is C17H22ClN5O3S. The van der Waals surface area contributed by atoms with Crippen molar-refractivity contribution in [3.63, 3.8) is 0 Å². The summed E-state index contributed by atoms with van der Waals surface area (Å²) in [6.07, 6.45) is 0. The molecule has 0 unspecified atom stereocenters. The van der Waals surface area contributed by atoms with Crippen molar-refractivity contribution in [1.82, 2.24) is 25.4 Å². The zero-order valence-corrected chi connectivity index (χ0v) is 17.1. The van der Waals surface area contributed by atoms with E-state index in [-0.39, 0.29) is 12.4 Å². The number of aromatic nitrogens is 3. The number of rotatable bonds is 6. The minimum absolute atomic E-state index is 0.0366. The van der Waals surface area contributed by atoms with Gasteiger partial charge in [-0.05, 0) is 32.9 Å². The maximum absolute atomic E-state index is 11.9. The van der Waals surface area contributed by atoms with Crippen molar-refractivity contribution in [1.29, 1.82) is 0 Å². The molecule has 0 saturated heterocycles. The van der Waals surface area contributed by atoms with Crippen LogP contribution >= 0.6 is 23.4 Å². The molecule has 0 aliphatic rings. The van der Waals surface area contributed by atoms with Gasteiger partial charge in [-0.3, -0.25) is 10.1 Å². The first-order valence-corrected chi connectivity index (χ1v) is 9.52. The Balaban J connectivity index is 1.85. The van der Waals surface area contributed by atoms with Crippen LogP contribution in [0, 0.1) is 0 Å². The summed E-state index contributed by atoms with van der Waals surface area (Å²) < 4.78 is 7.37. The predicted molar refractivity (Wildman–Crippen MR) is 104 cm³/mol. The maximum atomic E-state index is 11.9. The molecule has 27 heavy (non-hydrogen) atoms. The highest BCUT2D eigenvalue weighted by molar-refractivity contribution is 7.99. The lowest BCUT2D eigenvalue weighted by Gasteiger charge is -2.20. The highest BCUT2D eigenvalue weighted by Crippen LogP contribution is 2.24. The van der Waals surface area contributed by atoms with E-state index in [0.29, 0.717) is 21.8 Å². The van der Waals surface area contributed by atoms with Gasteiger partial charge >= 0.3 is 6.03 Å². The molecule has 146 valence electrons. The Bertz CT molecular complexity index is 819. The summed E-state index contributed by atoms with van der Waals surface area (Å²) in [6.45, 7) is 5.68. The first kappa shape index (κ1) is 21.0. The molecule has 2 aromatic rings. The minimum atomic E-state index is -0.528. The van der Waals surface area contributed by atoms with Gasteiger partial charge < -0.3 is 14.6 Å². The third-order valence-corrected chi connectivity index (χ3v) is 4.52. The zero-order valence-electron chi connectivity index (χ0n) is 15.6. The first-order chi connectivity index (χ1) is 12.7. The van der Waals surface area contributed by atoms with Crippen molar-refractivity contribution < 1.29 is 14.3 Å². The fraction of sp³-hybridized carbons (Fsp3) is 0.412. The van der Waals surface area contributed by atoms with Crippen molar-refractivity contribution in [3.05, 3.63) is 35.1 Å². The zero-order chi connectivity index (χ0) is 20.0. The SMILES string of the molecule is Cn1c(COc2ccccc2Cl)nnc1SCC(=O)NC(=O)NC(C)(C)C. The standard InChI is InChI=1S/C17H22ClN5O3S/c1-17(2,3)20-15(25)19-14(24)10-27-16-22-21-13(23(16)4)9-26-12-8-6-5-7-11(12)18/h5-8H,9-10H2,1-4H3,(H2,19,20,24,25). The monoisotopic (exact) mass is 411 g/mol. The second kappa shape index (κ2) is 9.09. The van der Waals surface area contributed by atoms with E-state index >= 15 is 0 Å². The van der Waals surface area contributed by atoms with Crippen molar-refractivity contribution in [2.24, 2.45) is 7.05 Å². The Kier molecular flexibility index (Phi) is 7.09. The third kappa shape index (κ3) is 6.76. The summed E-state index contributed by atoms with van der Waals surface area (Å²) in [5.41, 5.74) is -0.419. The van der Waals surface area contributed by atoms with Crippen LogP contribution in [0.1, 0.15) is 26.6 Å². The summed E-state index contributed by atoms with van der Waals surface area (Å²) in [7, 11) is 1.78. The number of carbonyl (C=O) groups excluding carboxylic acids is 2. The molecule has 3 amide bonds. The number of thioether (sulfide) groups is 1. The molecule has 1 heterocycles. The average molecular weight is 412 g/mol. The van der Waals surface area contributed by atoms with Crippen molar-refractivity contribution in [3.8, 4) is 5.75 Å². The summed E-state index contributed by atoms with van der Waals surface area (Å²) in [5, 5.41) is 14.1. The molecule has 2 rings (SSSR count). The van der Waals surface area contributed by atoms with Gasteiger partial charge in [0, 0.05) is 12.6 Å². The van der Waals surface area contributed by atoms with Gasteiger partial charge in [-0.1, -0.05) is 35.5 Å². The van der Waals surface area contributed by atoms with Crippen LogP contribution in [-0.4, -0.2) is 38.0 Å². The molecule has 1 aromatic heterocycles. The number of carbonyl (C=O) groups is 2. The molecule has 0 radical (unpaired) electrons. The Morgan fingerprint density at radius 1 is 1.26 bits per heavy atom. The van der Waals surface area contributed by atoms with E-state index in [2.05, 4.69) is 20.8 Å². The topological polar surface area (TPSA) is 98.1 Å². The molecule has 0 saturated carbocycles. The molecule has 0 atom stereocenters. The van der Waals surface area contributed by atoms with Crippen LogP contribution in [0.4, 0.5) is 4.79 Å². The van der Waals surface area contributed by atoms with Gasteiger partial charge in [0.25, 0.3) is 0 Å². The number of nitrogens with zero attached hydrogens (tertiary/aromatic N) is 3. The lowest BCUT2D eigenvalue weighted by Crippen LogP contribution is -2.48. The van der Waals surface area contributed by atoms with Gasteiger partial charge in [0.2, 0.25) is 5.91 Å². The number of urea groups is 1. The quantitative estimate of drug-likeness (QED) is 0.709. The van der Waals surface area contributed by atoms with Crippen LogP contribution in [0.15, 0.2) is 29.4 Å². The van der Waals surface area contributed by atoms with Crippen LogP contribution < -0.4 is 15.4 Å². The van der Waals surface area contributed by atoms with Crippen LogP contribution in [0.3, 0.4) is 0 Å². The van der Waals surface area contributed by atoms with E-state index < -0.39 is 17.5 Å². The van der Waals surface area contributed by atoms with Crippen LogP contribution in [0.2, 0.25) is 5.02 Å². The van der Waals surface area contributed by atoms with Crippen molar-refractivity contribution in [2.45, 2.75) is 38.1 Å². The largest absolute Gasteiger partial charge is 0.484 e. The Labute approximate surface area is 167 Å². The van der Waals surface area contributed by atoms with Gasteiger partial charge in [0.15, 0.2) is 11.0 Å². The molecule has 0 aliphatic heterocycles. The number of amides is 3. The fourth-order valence-electron chi connectivity index (χ4n) is 1.97. The van der Waals surface area contributed by atoms with Gasteiger partial charge in [0.1, 0.15) is 12.4 Å². The number of ether oxygens (including phenoxy) is 1. The smallest absolute Gasteiger partial charge is 0.321 e. The Morgan fingerprint density at radius 3 is 2.63 bits per heavy atom. The molecule has 2 N–H and O–H groups in total. The number of imide groups is 1. The van der Waals surface area contributed by atoms with E-state index in [1.165, 1.54) is 11.8 Å². The van der Waals surface area contributed by atoms with Gasteiger partial charge in [0.05, 0.1) is 10.8 Å². The second-order valence-electron chi connectivity index (χ2n) is 6.72. The fourth-order valence-corrected chi connectivity index (χ4v) is 2.89. The van der Waals surface area contributed by atoms with Gasteiger partial charge in [-0.15, -0.1) is 10.2 Å². The van der Waals surface area contributed by atoms with Crippen molar-refractivity contribution in [2.75, 3.05) is 5.75 Å². The Morgan fingerprint density at radius 2 is 1.96 bits per heavy atom. The van der Waals surface area contributed by atoms with E-state index in [1.54, 1.807) is 23.7 Å². The van der Waals surface area contributed by atoms with E-state index in [0.717, 1.165) is 0 Å². The highest BCUT2D eigenvalue weighted by Gasteiger charge is 2.17. The lowest BCUT2D eigenvalue weighted by atomic mass is 10.1.